The van der Waals surface area contributed by atoms with Gasteiger partial charge in [-0.15, -0.1) is 0 Å². The van der Waals surface area contributed by atoms with Gasteiger partial charge in [0.2, 0.25) is 0 Å². The summed E-state index contributed by atoms with van der Waals surface area (Å²) < 4.78 is 11.3. The van der Waals surface area contributed by atoms with E-state index in [0.29, 0.717) is 22.2 Å². The molecule has 4 rings (SSSR count). The Morgan fingerprint density at radius 2 is 1.53 bits per heavy atom. The lowest BCUT2D eigenvalue weighted by Gasteiger charge is -2.14. The Bertz CT molecular complexity index is 1390. The number of rotatable bonds is 5. The van der Waals surface area contributed by atoms with Gasteiger partial charge < -0.3 is 14.8 Å². The third-order valence-corrected chi connectivity index (χ3v) is 4.91. The summed E-state index contributed by atoms with van der Waals surface area (Å²) in [7, 11) is 2.75. The molecule has 4 aromatic rings. The van der Waals surface area contributed by atoms with Gasteiger partial charge in [0.15, 0.2) is 5.69 Å². The van der Waals surface area contributed by atoms with Gasteiger partial charge in [0, 0.05) is 5.39 Å². The molecule has 0 radical (unpaired) electrons. The molecule has 1 N–H and O–H groups in total. The van der Waals surface area contributed by atoms with E-state index in [0.717, 1.165) is 4.68 Å². The van der Waals surface area contributed by atoms with Crippen LogP contribution in [0.4, 0.5) is 5.69 Å². The number of methoxy groups -OCH3 is 2. The molecule has 0 saturated heterocycles. The van der Waals surface area contributed by atoms with Gasteiger partial charge in [-0.2, -0.15) is 9.78 Å². The summed E-state index contributed by atoms with van der Waals surface area (Å²) in [6.07, 6.45) is 0. The lowest BCUT2D eigenvalue weighted by molar-refractivity contribution is 0.0602. The maximum absolute atomic E-state index is 13.3. The normalized spacial score (nSPS) is 10.6. The van der Waals surface area contributed by atoms with Crippen molar-refractivity contribution in [3.63, 3.8) is 0 Å². The Balaban J connectivity index is 1.88. The number of carbonyl (C=O) groups is 2. The molecule has 1 amide bonds. The van der Waals surface area contributed by atoms with E-state index in [1.54, 1.807) is 72.8 Å². The number of benzene rings is 3. The average Bonchev–Trinajstić information content (AvgIpc) is 2.84. The van der Waals surface area contributed by atoms with Crippen molar-refractivity contribution in [1.82, 2.24) is 9.78 Å². The zero-order valence-electron chi connectivity index (χ0n) is 17.4. The number of nitrogens with zero attached hydrogens (tertiary/aromatic N) is 2. The van der Waals surface area contributed by atoms with E-state index in [1.807, 2.05) is 0 Å². The molecule has 1 aromatic heterocycles. The van der Waals surface area contributed by atoms with Crippen LogP contribution in [0.25, 0.3) is 16.5 Å². The van der Waals surface area contributed by atoms with E-state index in [4.69, 9.17) is 9.47 Å². The molecule has 0 fully saturated rings. The lowest BCUT2D eigenvalue weighted by atomic mass is 10.1. The molecule has 3 aromatic carbocycles. The van der Waals surface area contributed by atoms with Gasteiger partial charge in [-0.05, 0) is 30.3 Å². The fraction of sp³-hybridized carbons (Fsp3) is 0.0833. The molecule has 8 nitrogen and oxygen atoms in total. The van der Waals surface area contributed by atoms with E-state index in [1.165, 1.54) is 14.2 Å². The van der Waals surface area contributed by atoms with Gasteiger partial charge in [-0.1, -0.05) is 42.5 Å². The minimum Gasteiger partial charge on any atom is -0.494 e. The number of amides is 1. The van der Waals surface area contributed by atoms with E-state index in [2.05, 4.69) is 10.4 Å². The number of nitrogens with one attached hydrogen (secondary N) is 1. The van der Waals surface area contributed by atoms with Crippen molar-refractivity contribution in [3.05, 3.63) is 94.4 Å². The first-order valence-corrected chi connectivity index (χ1v) is 9.69. The number of hydrogen-bond donors (Lipinski definition) is 1. The molecular weight excluding hydrogens is 410 g/mol. The van der Waals surface area contributed by atoms with Crippen LogP contribution in [0.5, 0.6) is 5.75 Å². The Labute approximate surface area is 183 Å². The zero-order chi connectivity index (χ0) is 22.7. The molecule has 160 valence electrons. The molecule has 0 bridgehead atoms. The average molecular weight is 429 g/mol. The standard InChI is InChI=1S/C24H19N3O5/c1-31-20-14-8-7-13-19(20)27-23(29)16-10-4-3-9-15(16)21(26-27)22(28)25-18-12-6-5-11-17(18)24(30)32-2/h3-14H,1-2H3,(H,25,28). The van der Waals surface area contributed by atoms with Crippen LogP contribution in [0.2, 0.25) is 0 Å². The fourth-order valence-electron chi connectivity index (χ4n) is 3.39. The van der Waals surface area contributed by atoms with Crippen molar-refractivity contribution in [2.45, 2.75) is 0 Å². The predicted octanol–water partition coefficient (Wildman–Crippen LogP) is 3.43. The number of esters is 1. The molecule has 0 aliphatic heterocycles. The van der Waals surface area contributed by atoms with Crippen LogP contribution in [0, 0.1) is 0 Å². The molecule has 0 aliphatic carbocycles. The summed E-state index contributed by atoms with van der Waals surface area (Å²) in [6, 6.07) is 20.1. The summed E-state index contributed by atoms with van der Waals surface area (Å²) in [5.41, 5.74) is 0.494. The first-order valence-electron chi connectivity index (χ1n) is 9.69. The number of carbonyl (C=O) groups excluding carboxylic acids is 2. The van der Waals surface area contributed by atoms with E-state index in [9.17, 15) is 14.4 Å². The van der Waals surface area contributed by atoms with Gasteiger partial charge in [0.05, 0.1) is 30.9 Å². The molecule has 32 heavy (non-hydrogen) atoms. The highest BCUT2D eigenvalue weighted by molar-refractivity contribution is 6.13. The van der Waals surface area contributed by atoms with Gasteiger partial charge in [0.1, 0.15) is 11.4 Å². The molecule has 0 aliphatic rings. The summed E-state index contributed by atoms with van der Waals surface area (Å²) in [4.78, 5) is 38.5. The Morgan fingerprint density at radius 1 is 0.875 bits per heavy atom. The summed E-state index contributed by atoms with van der Waals surface area (Å²) in [5, 5.41) is 7.78. The SMILES string of the molecule is COC(=O)c1ccccc1NC(=O)c1nn(-c2ccccc2OC)c(=O)c2ccccc12. The van der Waals surface area contributed by atoms with Crippen LogP contribution in [0.15, 0.2) is 77.6 Å². The van der Waals surface area contributed by atoms with Gasteiger partial charge in [0.25, 0.3) is 11.5 Å². The summed E-state index contributed by atoms with van der Waals surface area (Å²) in [5.74, 6) is -0.737. The first kappa shape index (κ1) is 20.8. The van der Waals surface area contributed by atoms with Crippen molar-refractivity contribution in [3.8, 4) is 11.4 Å². The maximum atomic E-state index is 13.3. The van der Waals surface area contributed by atoms with Crippen molar-refractivity contribution in [2.75, 3.05) is 19.5 Å². The molecular formula is C24H19N3O5. The fourth-order valence-corrected chi connectivity index (χ4v) is 3.39. The second-order valence-corrected chi connectivity index (χ2v) is 6.77. The smallest absolute Gasteiger partial charge is 0.339 e. The monoisotopic (exact) mass is 429 g/mol. The van der Waals surface area contributed by atoms with Gasteiger partial charge in [-0.25, -0.2) is 4.79 Å². The Morgan fingerprint density at radius 3 is 2.28 bits per heavy atom. The van der Waals surface area contributed by atoms with Crippen LogP contribution < -0.4 is 15.6 Å². The Kier molecular flexibility index (Phi) is 5.67. The number of aromatic nitrogens is 2. The van der Waals surface area contributed by atoms with Crippen molar-refractivity contribution in [2.24, 2.45) is 0 Å². The first-order chi connectivity index (χ1) is 15.5. The molecule has 0 atom stereocenters. The van der Waals surface area contributed by atoms with Crippen LogP contribution in [0.3, 0.4) is 0 Å². The molecule has 0 spiro atoms. The summed E-state index contributed by atoms with van der Waals surface area (Å²) >= 11 is 0. The number of hydrogen-bond acceptors (Lipinski definition) is 6. The van der Waals surface area contributed by atoms with Crippen molar-refractivity contribution >= 4 is 28.3 Å². The lowest BCUT2D eigenvalue weighted by Crippen LogP contribution is -2.27. The third kappa shape index (κ3) is 3.69. The van der Waals surface area contributed by atoms with E-state index < -0.39 is 17.4 Å². The number of anilines is 1. The topological polar surface area (TPSA) is 99.5 Å². The third-order valence-electron chi connectivity index (χ3n) is 4.91. The second-order valence-electron chi connectivity index (χ2n) is 6.77. The molecule has 1 heterocycles. The second kappa shape index (κ2) is 8.73. The highest BCUT2D eigenvalue weighted by atomic mass is 16.5. The van der Waals surface area contributed by atoms with Crippen molar-refractivity contribution < 1.29 is 19.1 Å². The largest absolute Gasteiger partial charge is 0.494 e. The number of ether oxygens (including phenoxy) is 2. The number of para-hydroxylation sites is 3. The summed E-state index contributed by atoms with van der Waals surface area (Å²) in [6.45, 7) is 0. The van der Waals surface area contributed by atoms with Gasteiger partial charge in [-0.3, -0.25) is 9.59 Å². The van der Waals surface area contributed by atoms with Crippen LogP contribution in [-0.2, 0) is 4.74 Å². The van der Waals surface area contributed by atoms with Gasteiger partial charge >= 0.3 is 5.97 Å². The maximum Gasteiger partial charge on any atom is 0.339 e. The minimum absolute atomic E-state index is 0.0192. The van der Waals surface area contributed by atoms with Crippen LogP contribution >= 0.6 is 0 Å². The van der Waals surface area contributed by atoms with E-state index in [-0.39, 0.29) is 16.9 Å². The highest BCUT2D eigenvalue weighted by Gasteiger charge is 2.21. The zero-order valence-corrected chi connectivity index (χ0v) is 17.4. The minimum atomic E-state index is -0.585. The van der Waals surface area contributed by atoms with Crippen LogP contribution in [-0.4, -0.2) is 35.9 Å². The van der Waals surface area contributed by atoms with Crippen molar-refractivity contribution in [1.29, 1.82) is 0 Å². The predicted molar refractivity (Wildman–Crippen MR) is 120 cm³/mol. The molecule has 0 unspecified atom stereocenters. The molecule has 8 heteroatoms. The van der Waals surface area contributed by atoms with Crippen LogP contribution in [0.1, 0.15) is 20.8 Å². The Hall–Kier alpha value is -4.46. The highest BCUT2D eigenvalue weighted by Crippen LogP contribution is 2.23. The molecule has 0 saturated carbocycles. The van der Waals surface area contributed by atoms with E-state index >= 15 is 0 Å². The number of fused-ring (bicyclic) bond motifs is 1. The quantitative estimate of drug-likeness (QED) is 0.488.